The lowest BCUT2D eigenvalue weighted by molar-refractivity contribution is -0.117. The number of hydrogen-bond acceptors (Lipinski definition) is 6. The molecule has 2 N–H and O–H groups in total. The van der Waals surface area contributed by atoms with Crippen LogP contribution in [0.1, 0.15) is 27.8 Å². The van der Waals surface area contributed by atoms with Gasteiger partial charge >= 0.3 is 0 Å². The fraction of sp³-hybridized carbons (Fsp3) is 0.136. The molecule has 9 heteroatoms. The van der Waals surface area contributed by atoms with Gasteiger partial charge in [0.15, 0.2) is 5.78 Å². The molecule has 0 atom stereocenters. The van der Waals surface area contributed by atoms with Crippen LogP contribution in [-0.2, 0) is 11.3 Å². The molecule has 3 rings (SSSR count). The summed E-state index contributed by atoms with van der Waals surface area (Å²) in [6, 6.07) is 15.6. The van der Waals surface area contributed by atoms with Crippen molar-refractivity contribution < 1.29 is 19.1 Å². The van der Waals surface area contributed by atoms with Crippen molar-refractivity contribution in [3.8, 4) is 5.75 Å². The zero-order chi connectivity index (χ0) is 22.4. The summed E-state index contributed by atoms with van der Waals surface area (Å²) in [6.07, 6.45) is 0. The Balaban J connectivity index is 1.70. The first-order valence-corrected chi connectivity index (χ1v) is 9.30. The zero-order valence-corrected chi connectivity index (χ0v) is 16.9. The van der Waals surface area contributed by atoms with E-state index in [0.29, 0.717) is 22.7 Å². The number of amides is 2. The van der Waals surface area contributed by atoms with E-state index in [1.54, 1.807) is 42.5 Å². The van der Waals surface area contributed by atoms with Crippen molar-refractivity contribution in [1.82, 2.24) is 9.78 Å². The molecule has 2 amide bonds. The lowest BCUT2D eigenvalue weighted by Gasteiger charge is -2.09. The van der Waals surface area contributed by atoms with Gasteiger partial charge in [-0.15, -0.1) is 0 Å². The highest BCUT2D eigenvalue weighted by molar-refractivity contribution is 6.02. The summed E-state index contributed by atoms with van der Waals surface area (Å²) < 4.78 is 5.96. The molecule has 1 heterocycles. The Morgan fingerprint density at radius 3 is 2.39 bits per heavy atom. The van der Waals surface area contributed by atoms with Crippen molar-refractivity contribution in [2.75, 3.05) is 17.7 Å². The quantitative estimate of drug-likeness (QED) is 0.566. The number of anilines is 2. The van der Waals surface area contributed by atoms with Crippen LogP contribution >= 0.6 is 0 Å². The summed E-state index contributed by atoms with van der Waals surface area (Å²) in [6.45, 7) is 1.03. The molecule has 3 aromatic rings. The van der Waals surface area contributed by atoms with Gasteiger partial charge in [0, 0.05) is 23.0 Å². The molecule has 0 spiro atoms. The van der Waals surface area contributed by atoms with Gasteiger partial charge in [-0.3, -0.25) is 19.2 Å². The topological polar surface area (TPSA) is 119 Å². The predicted molar refractivity (Wildman–Crippen MR) is 115 cm³/mol. The highest BCUT2D eigenvalue weighted by Gasteiger charge is 2.13. The van der Waals surface area contributed by atoms with Crippen LogP contribution in [0, 0.1) is 0 Å². The summed E-state index contributed by atoms with van der Waals surface area (Å²) in [5, 5.41) is 9.25. The van der Waals surface area contributed by atoms with Crippen LogP contribution in [0.25, 0.3) is 0 Å². The van der Waals surface area contributed by atoms with Crippen LogP contribution in [0.5, 0.6) is 5.75 Å². The number of carbonyl (C=O) groups excluding carboxylic acids is 3. The van der Waals surface area contributed by atoms with Crippen LogP contribution in [0.4, 0.5) is 11.4 Å². The first-order valence-electron chi connectivity index (χ1n) is 9.30. The molecular weight excluding hydrogens is 400 g/mol. The summed E-state index contributed by atoms with van der Waals surface area (Å²) in [4.78, 5) is 48.4. The number of ketones is 1. The van der Waals surface area contributed by atoms with Crippen molar-refractivity contribution >= 4 is 29.0 Å². The third-order valence-electron chi connectivity index (χ3n) is 4.29. The van der Waals surface area contributed by atoms with Gasteiger partial charge in [-0.2, -0.15) is 5.10 Å². The van der Waals surface area contributed by atoms with Gasteiger partial charge in [-0.05, 0) is 49.4 Å². The molecule has 158 valence electrons. The molecule has 0 saturated carbocycles. The van der Waals surface area contributed by atoms with Gasteiger partial charge in [0.05, 0.1) is 7.11 Å². The van der Waals surface area contributed by atoms with E-state index in [9.17, 15) is 19.2 Å². The molecule has 0 aliphatic heterocycles. The molecule has 0 fully saturated rings. The minimum Gasteiger partial charge on any atom is -0.497 e. The molecule has 1 aromatic heterocycles. The van der Waals surface area contributed by atoms with Crippen LogP contribution in [-0.4, -0.2) is 34.5 Å². The van der Waals surface area contributed by atoms with E-state index in [2.05, 4.69) is 15.7 Å². The van der Waals surface area contributed by atoms with Crippen molar-refractivity contribution in [2.24, 2.45) is 0 Å². The fourth-order valence-corrected chi connectivity index (χ4v) is 2.71. The third kappa shape index (κ3) is 5.63. The molecule has 0 aliphatic carbocycles. The number of nitrogens with one attached hydrogen (secondary N) is 2. The Labute approximate surface area is 177 Å². The number of Topliss-reactive ketones (excluding diaryl/α,β-unsaturated/α-hetero) is 1. The number of aromatic nitrogens is 2. The monoisotopic (exact) mass is 420 g/mol. The largest absolute Gasteiger partial charge is 0.497 e. The second-order valence-corrected chi connectivity index (χ2v) is 6.58. The van der Waals surface area contributed by atoms with E-state index in [1.807, 2.05) is 0 Å². The standard InChI is InChI=1S/C22H20N4O5/c1-14(27)15-4-3-5-17(12-15)23-20(28)13-26-21(29)11-10-19(25-26)22(30)24-16-6-8-18(31-2)9-7-16/h3-12H,13H2,1-2H3,(H,23,28)(H,24,30). The smallest absolute Gasteiger partial charge is 0.276 e. The summed E-state index contributed by atoms with van der Waals surface area (Å²) >= 11 is 0. The van der Waals surface area contributed by atoms with Crippen molar-refractivity contribution in [3.05, 3.63) is 82.3 Å². The van der Waals surface area contributed by atoms with Crippen molar-refractivity contribution in [3.63, 3.8) is 0 Å². The summed E-state index contributed by atoms with van der Waals surface area (Å²) in [5.41, 5.74) is 0.827. The Kier molecular flexibility index (Phi) is 6.56. The lowest BCUT2D eigenvalue weighted by Crippen LogP contribution is -2.31. The molecule has 0 saturated heterocycles. The predicted octanol–water partition coefficient (Wildman–Crippen LogP) is 2.35. The minimum atomic E-state index is -0.534. The van der Waals surface area contributed by atoms with Gasteiger partial charge in [0.1, 0.15) is 18.0 Å². The number of benzene rings is 2. The van der Waals surface area contributed by atoms with Crippen LogP contribution < -0.4 is 20.9 Å². The number of carbonyl (C=O) groups is 3. The zero-order valence-electron chi connectivity index (χ0n) is 16.9. The molecule has 0 unspecified atom stereocenters. The van der Waals surface area contributed by atoms with E-state index in [1.165, 1.54) is 32.2 Å². The molecular formula is C22H20N4O5. The maximum atomic E-state index is 12.5. The normalized spacial score (nSPS) is 10.3. The number of rotatable bonds is 7. The Morgan fingerprint density at radius 2 is 1.71 bits per heavy atom. The average molecular weight is 420 g/mol. The number of nitrogens with zero attached hydrogens (tertiary/aromatic N) is 2. The van der Waals surface area contributed by atoms with Gasteiger partial charge in [-0.1, -0.05) is 12.1 Å². The highest BCUT2D eigenvalue weighted by Crippen LogP contribution is 2.15. The minimum absolute atomic E-state index is 0.0261. The van der Waals surface area contributed by atoms with Crippen molar-refractivity contribution in [2.45, 2.75) is 13.5 Å². The van der Waals surface area contributed by atoms with Crippen molar-refractivity contribution in [1.29, 1.82) is 0 Å². The Bertz CT molecular complexity index is 1190. The Morgan fingerprint density at radius 1 is 0.968 bits per heavy atom. The molecule has 0 aliphatic rings. The first kappa shape index (κ1) is 21.4. The van der Waals surface area contributed by atoms with E-state index in [-0.39, 0.29) is 11.5 Å². The van der Waals surface area contributed by atoms with Crippen LogP contribution in [0.3, 0.4) is 0 Å². The van der Waals surface area contributed by atoms with E-state index >= 15 is 0 Å². The third-order valence-corrected chi connectivity index (χ3v) is 4.29. The maximum absolute atomic E-state index is 12.5. The average Bonchev–Trinajstić information content (AvgIpc) is 2.76. The number of ether oxygens (including phenoxy) is 1. The Hall–Kier alpha value is -4.27. The number of methoxy groups -OCH3 is 1. The number of hydrogen-bond donors (Lipinski definition) is 2. The SMILES string of the molecule is COc1ccc(NC(=O)c2ccc(=O)n(CC(=O)Nc3cccc(C(C)=O)c3)n2)cc1. The molecule has 31 heavy (non-hydrogen) atoms. The second kappa shape index (κ2) is 9.49. The van der Waals surface area contributed by atoms with E-state index in [0.717, 1.165) is 4.68 Å². The van der Waals surface area contributed by atoms with E-state index < -0.39 is 23.9 Å². The van der Waals surface area contributed by atoms with Gasteiger partial charge in [-0.25, -0.2) is 4.68 Å². The summed E-state index contributed by atoms with van der Waals surface area (Å²) in [7, 11) is 1.54. The highest BCUT2D eigenvalue weighted by atomic mass is 16.5. The molecule has 2 aromatic carbocycles. The first-order chi connectivity index (χ1) is 14.9. The maximum Gasteiger partial charge on any atom is 0.276 e. The summed E-state index contributed by atoms with van der Waals surface area (Å²) in [5.74, 6) is -0.550. The van der Waals surface area contributed by atoms with Gasteiger partial charge in [0.2, 0.25) is 5.91 Å². The van der Waals surface area contributed by atoms with Crippen LogP contribution in [0.15, 0.2) is 65.5 Å². The van der Waals surface area contributed by atoms with E-state index in [4.69, 9.17) is 4.74 Å². The second-order valence-electron chi connectivity index (χ2n) is 6.58. The molecule has 0 bridgehead atoms. The lowest BCUT2D eigenvalue weighted by atomic mass is 10.1. The fourth-order valence-electron chi connectivity index (χ4n) is 2.71. The molecule has 0 radical (unpaired) electrons. The van der Waals surface area contributed by atoms with Crippen LogP contribution in [0.2, 0.25) is 0 Å². The molecule has 9 nitrogen and oxygen atoms in total. The van der Waals surface area contributed by atoms with Gasteiger partial charge < -0.3 is 15.4 Å². The van der Waals surface area contributed by atoms with Gasteiger partial charge in [0.25, 0.3) is 11.5 Å².